The van der Waals surface area contributed by atoms with Gasteiger partial charge in [0.05, 0.1) is 15.2 Å². The zero-order valence-electron chi connectivity index (χ0n) is 17.0. The molecule has 0 radical (unpaired) electrons. The molecule has 1 unspecified atom stereocenters. The van der Waals surface area contributed by atoms with Crippen LogP contribution in [0, 0.1) is 0 Å². The lowest BCUT2D eigenvalue weighted by molar-refractivity contribution is -0.117. The van der Waals surface area contributed by atoms with Crippen molar-refractivity contribution in [1.29, 1.82) is 0 Å². The van der Waals surface area contributed by atoms with Gasteiger partial charge in [-0.2, -0.15) is 0 Å². The van der Waals surface area contributed by atoms with Crippen molar-refractivity contribution >= 4 is 44.9 Å². The normalized spacial score (nSPS) is 11.6. The van der Waals surface area contributed by atoms with Crippen LogP contribution in [-0.4, -0.2) is 23.0 Å². The summed E-state index contributed by atoms with van der Waals surface area (Å²) in [6, 6.07) is 23.7. The Morgan fingerprint density at radius 2 is 1.55 bits per heavy atom. The van der Waals surface area contributed by atoms with Crippen molar-refractivity contribution in [2.24, 2.45) is 0 Å². The number of para-hydroxylation sites is 2. The van der Waals surface area contributed by atoms with Gasteiger partial charge < -0.3 is 16.0 Å². The molecule has 1 atom stereocenters. The van der Waals surface area contributed by atoms with Crippen LogP contribution in [0.2, 0.25) is 0 Å². The molecule has 7 heteroatoms. The van der Waals surface area contributed by atoms with E-state index in [2.05, 4.69) is 27.0 Å². The van der Waals surface area contributed by atoms with Gasteiger partial charge in [-0.25, -0.2) is 9.78 Å². The number of nitrogens with one attached hydrogen (secondary N) is 3. The number of rotatable bonds is 6. The van der Waals surface area contributed by atoms with E-state index in [1.54, 1.807) is 30.4 Å². The lowest BCUT2D eigenvalue weighted by Crippen LogP contribution is -2.43. The average molecular weight is 431 g/mol. The smallest absolute Gasteiger partial charge is 0.319 e. The first-order chi connectivity index (χ1) is 15.1. The van der Waals surface area contributed by atoms with Gasteiger partial charge in [0.15, 0.2) is 0 Å². The summed E-state index contributed by atoms with van der Waals surface area (Å²) in [5, 5.41) is 9.22. The van der Waals surface area contributed by atoms with Crippen molar-refractivity contribution in [2.75, 3.05) is 10.6 Å². The third kappa shape index (κ3) is 5.46. The first-order valence-corrected chi connectivity index (χ1v) is 10.8. The van der Waals surface area contributed by atoms with Crippen LogP contribution in [0.5, 0.6) is 0 Å². The van der Waals surface area contributed by atoms with Gasteiger partial charge in [0.25, 0.3) is 0 Å². The Kier molecular flexibility index (Phi) is 6.24. The fourth-order valence-corrected chi connectivity index (χ4v) is 4.08. The Morgan fingerprint density at radius 1 is 0.871 bits per heavy atom. The highest BCUT2D eigenvalue weighted by molar-refractivity contribution is 7.18. The fraction of sp³-hybridized carbons (Fsp3) is 0.125. The molecule has 0 bridgehead atoms. The minimum Gasteiger partial charge on any atom is -0.326 e. The first-order valence-electron chi connectivity index (χ1n) is 9.93. The number of carbonyl (C=O) groups is 2. The summed E-state index contributed by atoms with van der Waals surface area (Å²) >= 11 is 1.69. The molecule has 0 spiro atoms. The van der Waals surface area contributed by atoms with E-state index in [4.69, 9.17) is 0 Å². The molecule has 6 nitrogen and oxygen atoms in total. The molecule has 0 aliphatic heterocycles. The van der Waals surface area contributed by atoms with E-state index in [1.807, 2.05) is 60.7 Å². The van der Waals surface area contributed by atoms with Gasteiger partial charge in [0, 0.05) is 17.8 Å². The van der Waals surface area contributed by atoms with Crippen molar-refractivity contribution < 1.29 is 9.59 Å². The van der Waals surface area contributed by atoms with E-state index in [0.29, 0.717) is 11.4 Å². The number of aromatic nitrogens is 1. The lowest BCUT2D eigenvalue weighted by atomic mass is 10.1. The van der Waals surface area contributed by atoms with Gasteiger partial charge >= 0.3 is 6.03 Å². The van der Waals surface area contributed by atoms with Crippen LogP contribution in [0.15, 0.2) is 78.9 Å². The number of anilines is 2. The molecule has 0 aliphatic carbocycles. The summed E-state index contributed by atoms with van der Waals surface area (Å²) in [6.07, 6.45) is 0.741. The van der Waals surface area contributed by atoms with Crippen molar-refractivity contribution in [3.63, 3.8) is 0 Å². The predicted molar refractivity (Wildman–Crippen MR) is 126 cm³/mol. The Labute approximate surface area is 184 Å². The lowest BCUT2D eigenvalue weighted by Gasteiger charge is -2.15. The molecule has 31 heavy (non-hydrogen) atoms. The third-order valence-electron chi connectivity index (χ3n) is 4.69. The van der Waals surface area contributed by atoms with Crippen LogP contribution < -0.4 is 16.0 Å². The summed E-state index contributed by atoms with van der Waals surface area (Å²) in [6.45, 7) is 1.64. The second kappa shape index (κ2) is 9.40. The summed E-state index contributed by atoms with van der Waals surface area (Å²) in [5.41, 5.74) is 3.47. The summed E-state index contributed by atoms with van der Waals surface area (Å²) in [4.78, 5) is 29.1. The van der Waals surface area contributed by atoms with Crippen LogP contribution in [0.3, 0.4) is 0 Å². The van der Waals surface area contributed by atoms with Crippen LogP contribution in [0.25, 0.3) is 10.2 Å². The second-order valence-electron chi connectivity index (χ2n) is 7.12. The molecule has 1 aromatic heterocycles. The predicted octanol–water partition coefficient (Wildman–Crippen LogP) is 5.04. The number of hydrogen-bond donors (Lipinski definition) is 3. The van der Waals surface area contributed by atoms with Crippen LogP contribution in [0.1, 0.15) is 17.5 Å². The van der Waals surface area contributed by atoms with E-state index in [1.165, 1.54) is 4.70 Å². The fourth-order valence-electron chi connectivity index (χ4n) is 3.08. The van der Waals surface area contributed by atoms with Crippen LogP contribution >= 0.6 is 11.3 Å². The maximum Gasteiger partial charge on any atom is 0.319 e. The van der Waals surface area contributed by atoms with Crippen LogP contribution in [0.4, 0.5) is 16.2 Å². The number of benzene rings is 3. The highest BCUT2D eigenvalue weighted by Crippen LogP contribution is 2.24. The molecule has 4 rings (SSSR count). The van der Waals surface area contributed by atoms with Crippen molar-refractivity contribution in [1.82, 2.24) is 10.3 Å². The Balaban J connectivity index is 1.30. The zero-order chi connectivity index (χ0) is 21.6. The van der Waals surface area contributed by atoms with Gasteiger partial charge in [0.2, 0.25) is 5.91 Å². The van der Waals surface area contributed by atoms with Gasteiger partial charge in [0.1, 0.15) is 6.04 Å². The molecule has 0 aliphatic rings. The molecule has 3 N–H and O–H groups in total. The zero-order valence-corrected chi connectivity index (χ0v) is 17.8. The second-order valence-corrected chi connectivity index (χ2v) is 8.24. The van der Waals surface area contributed by atoms with Crippen molar-refractivity contribution in [3.05, 3.63) is 89.4 Å². The molecule has 0 fully saturated rings. The van der Waals surface area contributed by atoms with Crippen LogP contribution in [-0.2, 0) is 11.2 Å². The van der Waals surface area contributed by atoms with Gasteiger partial charge in [-0.1, -0.05) is 42.5 Å². The van der Waals surface area contributed by atoms with Crippen molar-refractivity contribution in [2.45, 2.75) is 19.4 Å². The SMILES string of the molecule is CC(NC(=O)Nc1ccccc1)C(=O)Nc1ccc(Cc2nc3ccccc3s2)cc1. The molecule has 3 amide bonds. The minimum atomic E-state index is -0.689. The highest BCUT2D eigenvalue weighted by atomic mass is 32.1. The maximum atomic E-state index is 12.4. The van der Waals surface area contributed by atoms with E-state index < -0.39 is 12.1 Å². The monoisotopic (exact) mass is 430 g/mol. The summed E-state index contributed by atoms with van der Waals surface area (Å²) in [7, 11) is 0. The Bertz CT molecular complexity index is 1160. The molecule has 1 heterocycles. The molecule has 0 saturated carbocycles. The van der Waals surface area contributed by atoms with Gasteiger partial charge in [-0.15, -0.1) is 11.3 Å². The molecule has 3 aromatic carbocycles. The van der Waals surface area contributed by atoms with Gasteiger partial charge in [-0.3, -0.25) is 4.79 Å². The topological polar surface area (TPSA) is 83.1 Å². The van der Waals surface area contributed by atoms with E-state index in [0.717, 1.165) is 22.5 Å². The van der Waals surface area contributed by atoms with Gasteiger partial charge in [-0.05, 0) is 48.9 Å². The number of urea groups is 1. The number of thiazole rings is 1. The quantitative estimate of drug-likeness (QED) is 0.401. The van der Waals surface area contributed by atoms with Crippen molar-refractivity contribution in [3.8, 4) is 0 Å². The largest absolute Gasteiger partial charge is 0.326 e. The Morgan fingerprint density at radius 3 is 2.29 bits per heavy atom. The van der Waals surface area contributed by atoms with E-state index >= 15 is 0 Å². The maximum absolute atomic E-state index is 12.4. The number of carbonyl (C=O) groups excluding carboxylic acids is 2. The first kappa shape index (κ1) is 20.6. The standard InChI is InChI=1S/C24H22N4O2S/c1-16(25-24(30)27-18-7-3-2-4-8-18)23(29)26-19-13-11-17(12-14-19)15-22-28-20-9-5-6-10-21(20)31-22/h2-14,16H,15H2,1H3,(H,26,29)(H2,25,27,30). The molecule has 4 aromatic rings. The summed E-state index contributed by atoms with van der Waals surface area (Å²) < 4.78 is 1.18. The molecular weight excluding hydrogens is 408 g/mol. The number of hydrogen-bond acceptors (Lipinski definition) is 4. The minimum absolute atomic E-state index is 0.290. The third-order valence-corrected chi connectivity index (χ3v) is 5.72. The molecule has 0 saturated heterocycles. The Hall–Kier alpha value is -3.71. The molecular formula is C24H22N4O2S. The number of fused-ring (bicyclic) bond motifs is 1. The number of nitrogens with zero attached hydrogens (tertiary/aromatic N) is 1. The summed E-state index contributed by atoms with van der Waals surface area (Å²) in [5.74, 6) is -0.290. The molecule has 156 valence electrons. The highest BCUT2D eigenvalue weighted by Gasteiger charge is 2.16. The number of amides is 3. The average Bonchev–Trinajstić information content (AvgIpc) is 3.18. The van der Waals surface area contributed by atoms with E-state index in [-0.39, 0.29) is 5.91 Å². The van der Waals surface area contributed by atoms with E-state index in [9.17, 15) is 9.59 Å².